The molecule has 0 radical (unpaired) electrons. The van der Waals surface area contributed by atoms with Crippen LogP contribution in [0.1, 0.15) is 30.9 Å². The molecule has 2 atom stereocenters. The zero-order valence-electron chi connectivity index (χ0n) is 9.86. The highest BCUT2D eigenvalue weighted by Gasteiger charge is 2.24. The molecule has 0 aliphatic carbocycles. The van der Waals surface area contributed by atoms with Crippen LogP contribution in [0.25, 0.3) is 0 Å². The van der Waals surface area contributed by atoms with Gasteiger partial charge in [0, 0.05) is 6.61 Å². The average molecular weight is 301 g/mol. The van der Waals surface area contributed by atoms with E-state index in [1.807, 2.05) is 18.2 Å². The summed E-state index contributed by atoms with van der Waals surface area (Å²) in [6.07, 6.45) is 2.50. The minimum absolute atomic E-state index is 0.0796. The minimum Gasteiger partial charge on any atom is -0.496 e. The van der Waals surface area contributed by atoms with Gasteiger partial charge in [0.2, 0.25) is 0 Å². The molecule has 0 amide bonds. The molecule has 0 aromatic heterocycles. The number of rotatable bonds is 3. The van der Waals surface area contributed by atoms with Crippen LogP contribution in [0.5, 0.6) is 5.75 Å². The zero-order valence-corrected chi connectivity index (χ0v) is 11.4. The van der Waals surface area contributed by atoms with Crippen molar-refractivity contribution in [3.8, 4) is 5.75 Å². The first-order chi connectivity index (χ1) is 8.22. The van der Waals surface area contributed by atoms with Crippen LogP contribution < -0.4 is 4.74 Å². The van der Waals surface area contributed by atoms with Crippen molar-refractivity contribution >= 4 is 15.9 Å². The zero-order chi connectivity index (χ0) is 12.3. The van der Waals surface area contributed by atoms with Gasteiger partial charge in [0.25, 0.3) is 0 Å². The number of hydrogen-bond donors (Lipinski definition) is 1. The lowest BCUT2D eigenvalue weighted by molar-refractivity contribution is -0.0633. The summed E-state index contributed by atoms with van der Waals surface area (Å²) in [6, 6.07) is 5.62. The van der Waals surface area contributed by atoms with Crippen molar-refractivity contribution in [2.24, 2.45) is 0 Å². The summed E-state index contributed by atoms with van der Waals surface area (Å²) in [5, 5.41) is 10.2. The minimum atomic E-state index is -0.558. The van der Waals surface area contributed by atoms with Gasteiger partial charge in [-0.3, -0.25) is 0 Å². The third kappa shape index (κ3) is 3.00. The van der Waals surface area contributed by atoms with Crippen molar-refractivity contribution < 1.29 is 14.6 Å². The van der Waals surface area contributed by atoms with Gasteiger partial charge in [-0.15, -0.1) is 0 Å². The summed E-state index contributed by atoms with van der Waals surface area (Å²) in [7, 11) is 1.63. The Balaban J connectivity index is 2.12. The molecule has 1 fully saturated rings. The number of hydrogen-bond acceptors (Lipinski definition) is 3. The van der Waals surface area contributed by atoms with Crippen LogP contribution >= 0.6 is 15.9 Å². The summed E-state index contributed by atoms with van der Waals surface area (Å²) < 4.78 is 11.6. The third-order valence-corrected chi connectivity index (χ3v) is 3.70. The average Bonchev–Trinajstić information content (AvgIpc) is 2.39. The van der Waals surface area contributed by atoms with E-state index in [2.05, 4.69) is 15.9 Å². The Kier molecular flexibility index (Phi) is 4.42. The smallest absolute Gasteiger partial charge is 0.133 e. The van der Waals surface area contributed by atoms with Crippen LogP contribution in [-0.4, -0.2) is 24.9 Å². The summed E-state index contributed by atoms with van der Waals surface area (Å²) in [4.78, 5) is 0. The highest BCUT2D eigenvalue weighted by molar-refractivity contribution is 9.10. The highest BCUT2D eigenvalue weighted by atomic mass is 79.9. The van der Waals surface area contributed by atoms with Gasteiger partial charge in [-0.05, 0) is 52.9 Å². The van der Waals surface area contributed by atoms with Crippen molar-refractivity contribution in [2.75, 3.05) is 13.7 Å². The fraction of sp³-hybridized carbons (Fsp3) is 0.538. The SMILES string of the molecule is COc1ccc(C(O)C2CCCCO2)cc1Br. The maximum atomic E-state index is 10.2. The molecule has 2 rings (SSSR count). The van der Waals surface area contributed by atoms with Gasteiger partial charge < -0.3 is 14.6 Å². The van der Waals surface area contributed by atoms with Crippen molar-refractivity contribution in [2.45, 2.75) is 31.5 Å². The Hall–Kier alpha value is -0.580. The molecule has 1 heterocycles. The molecule has 4 heteroatoms. The van der Waals surface area contributed by atoms with Crippen LogP contribution in [0.3, 0.4) is 0 Å². The van der Waals surface area contributed by atoms with E-state index in [1.165, 1.54) is 0 Å². The van der Waals surface area contributed by atoms with Crippen molar-refractivity contribution in [1.29, 1.82) is 0 Å². The summed E-state index contributed by atoms with van der Waals surface area (Å²) in [6.45, 7) is 0.749. The van der Waals surface area contributed by atoms with E-state index in [4.69, 9.17) is 9.47 Å². The second kappa shape index (κ2) is 5.85. The molecule has 0 saturated carbocycles. The lowest BCUT2D eigenvalue weighted by atomic mass is 9.98. The molecule has 17 heavy (non-hydrogen) atoms. The van der Waals surface area contributed by atoms with Crippen LogP contribution in [0.2, 0.25) is 0 Å². The number of methoxy groups -OCH3 is 1. The molecule has 0 bridgehead atoms. The third-order valence-electron chi connectivity index (χ3n) is 3.08. The molecule has 0 spiro atoms. The highest BCUT2D eigenvalue weighted by Crippen LogP contribution is 2.31. The maximum absolute atomic E-state index is 10.2. The predicted octanol–water partition coefficient (Wildman–Crippen LogP) is 3.06. The fourth-order valence-corrected chi connectivity index (χ4v) is 2.65. The molecule has 1 N–H and O–H groups in total. The Bertz CT molecular complexity index is 375. The largest absolute Gasteiger partial charge is 0.496 e. The number of aliphatic hydroxyl groups excluding tert-OH is 1. The molecule has 1 saturated heterocycles. The molecule has 3 nitrogen and oxygen atoms in total. The molecule has 1 aliphatic heterocycles. The standard InChI is InChI=1S/C13H17BrO3/c1-16-11-6-5-9(8-10(11)14)13(15)12-4-2-3-7-17-12/h5-6,8,12-13,15H,2-4,7H2,1H3. The first-order valence-corrected chi connectivity index (χ1v) is 6.65. The molecule has 1 aromatic rings. The Morgan fingerprint density at radius 3 is 2.88 bits per heavy atom. The van der Waals surface area contributed by atoms with Crippen molar-refractivity contribution in [3.63, 3.8) is 0 Å². The predicted molar refractivity (Wildman–Crippen MR) is 69.2 cm³/mol. The van der Waals surface area contributed by atoms with Gasteiger partial charge in [-0.1, -0.05) is 6.07 Å². The second-order valence-corrected chi connectivity index (χ2v) is 5.10. The number of benzene rings is 1. The van der Waals surface area contributed by atoms with Crippen molar-refractivity contribution in [1.82, 2.24) is 0 Å². The van der Waals surface area contributed by atoms with Gasteiger partial charge in [0.05, 0.1) is 17.7 Å². The lowest BCUT2D eigenvalue weighted by Crippen LogP contribution is -2.26. The molecule has 1 aliphatic rings. The normalized spacial score (nSPS) is 22.2. The summed E-state index contributed by atoms with van der Waals surface area (Å²) in [5.74, 6) is 0.769. The number of ether oxygens (including phenoxy) is 2. The topological polar surface area (TPSA) is 38.7 Å². The number of halogens is 1. The van der Waals surface area contributed by atoms with Crippen LogP contribution in [-0.2, 0) is 4.74 Å². The van der Waals surface area contributed by atoms with E-state index >= 15 is 0 Å². The molecule has 94 valence electrons. The molecule has 1 aromatic carbocycles. The monoisotopic (exact) mass is 300 g/mol. The van der Waals surface area contributed by atoms with Crippen LogP contribution in [0, 0.1) is 0 Å². The Morgan fingerprint density at radius 1 is 1.47 bits per heavy atom. The second-order valence-electron chi connectivity index (χ2n) is 4.24. The quantitative estimate of drug-likeness (QED) is 0.932. The van der Waals surface area contributed by atoms with E-state index in [0.717, 1.165) is 41.7 Å². The Labute approximate surface area is 110 Å². The molecular formula is C13H17BrO3. The molecular weight excluding hydrogens is 284 g/mol. The first-order valence-electron chi connectivity index (χ1n) is 5.85. The first kappa shape index (κ1) is 12.9. The maximum Gasteiger partial charge on any atom is 0.133 e. The van der Waals surface area contributed by atoms with E-state index in [9.17, 15) is 5.11 Å². The summed E-state index contributed by atoms with van der Waals surface area (Å²) in [5.41, 5.74) is 0.865. The van der Waals surface area contributed by atoms with E-state index in [1.54, 1.807) is 7.11 Å². The van der Waals surface area contributed by atoms with Gasteiger partial charge in [-0.2, -0.15) is 0 Å². The van der Waals surface area contributed by atoms with E-state index in [-0.39, 0.29) is 6.10 Å². The van der Waals surface area contributed by atoms with Gasteiger partial charge >= 0.3 is 0 Å². The fourth-order valence-electron chi connectivity index (χ4n) is 2.10. The van der Waals surface area contributed by atoms with Crippen LogP contribution in [0.4, 0.5) is 0 Å². The van der Waals surface area contributed by atoms with Gasteiger partial charge in [0.15, 0.2) is 0 Å². The molecule has 2 unspecified atom stereocenters. The Morgan fingerprint density at radius 2 is 2.29 bits per heavy atom. The van der Waals surface area contributed by atoms with E-state index < -0.39 is 6.10 Å². The van der Waals surface area contributed by atoms with Gasteiger partial charge in [-0.25, -0.2) is 0 Å². The summed E-state index contributed by atoms with van der Waals surface area (Å²) >= 11 is 3.42. The van der Waals surface area contributed by atoms with E-state index in [0.29, 0.717) is 0 Å². The van der Waals surface area contributed by atoms with Gasteiger partial charge in [0.1, 0.15) is 11.9 Å². The number of aliphatic hydroxyl groups is 1. The van der Waals surface area contributed by atoms with Crippen molar-refractivity contribution in [3.05, 3.63) is 28.2 Å². The van der Waals surface area contributed by atoms with Crippen LogP contribution in [0.15, 0.2) is 22.7 Å². The lowest BCUT2D eigenvalue weighted by Gasteiger charge is -2.27.